The Morgan fingerprint density at radius 2 is 1.90 bits per heavy atom. The molecule has 1 aliphatic rings. The number of nitrogens with one attached hydrogen (secondary N) is 1. The van der Waals surface area contributed by atoms with Crippen molar-refractivity contribution in [2.75, 3.05) is 12.0 Å². The molecule has 106 valence electrons. The molecular weight excluding hydrogens is 282 g/mol. The maximum Gasteiger partial charge on any atom is 0.194 e. The van der Waals surface area contributed by atoms with Crippen molar-refractivity contribution in [3.63, 3.8) is 0 Å². The number of benzene rings is 2. The zero-order valence-electron chi connectivity index (χ0n) is 11.6. The molecule has 5 heteroatoms. The Morgan fingerprint density at radius 1 is 1.14 bits per heavy atom. The molecule has 0 aromatic heterocycles. The van der Waals surface area contributed by atoms with Crippen LogP contribution in [0.3, 0.4) is 0 Å². The Balaban J connectivity index is 1.91. The van der Waals surface area contributed by atoms with Crippen molar-refractivity contribution < 1.29 is 4.74 Å². The smallest absolute Gasteiger partial charge is 0.194 e. The lowest BCUT2D eigenvalue weighted by atomic mass is 10.1. The van der Waals surface area contributed by atoms with Gasteiger partial charge in [-0.2, -0.15) is 5.10 Å². The highest BCUT2D eigenvalue weighted by Crippen LogP contribution is 2.23. The van der Waals surface area contributed by atoms with Crippen molar-refractivity contribution in [3.05, 3.63) is 59.7 Å². The maximum atomic E-state index is 5.41. The molecule has 0 atom stereocenters. The Bertz CT molecular complexity index is 682. The fourth-order valence-corrected chi connectivity index (χ4v) is 2.46. The first kappa shape index (κ1) is 13.6. The molecule has 0 saturated heterocycles. The first-order valence-electron chi connectivity index (χ1n) is 6.60. The van der Waals surface area contributed by atoms with E-state index in [9.17, 15) is 0 Å². The molecule has 21 heavy (non-hydrogen) atoms. The average molecular weight is 297 g/mol. The number of anilines is 1. The standard InChI is InChI=1S/C16H15N3OS/c1-20-14-8-6-12(7-9-14)11-19-15-5-3-2-4-13(15)10-17-18-16(19)21/h2-10H,11H2,1H3,(H,18,21). The van der Waals surface area contributed by atoms with Gasteiger partial charge in [0, 0.05) is 5.56 Å². The van der Waals surface area contributed by atoms with Crippen LogP contribution in [0.5, 0.6) is 5.75 Å². The van der Waals surface area contributed by atoms with Crippen LogP contribution < -0.4 is 15.1 Å². The third kappa shape index (κ3) is 2.87. The number of hydrazone groups is 1. The van der Waals surface area contributed by atoms with Gasteiger partial charge < -0.3 is 9.64 Å². The highest BCUT2D eigenvalue weighted by molar-refractivity contribution is 7.80. The number of methoxy groups -OCH3 is 1. The number of para-hydroxylation sites is 1. The second kappa shape index (κ2) is 5.93. The monoisotopic (exact) mass is 297 g/mol. The van der Waals surface area contributed by atoms with Crippen LogP contribution in [-0.4, -0.2) is 18.4 Å². The van der Waals surface area contributed by atoms with E-state index in [2.05, 4.69) is 10.5 Å². The second-order valence-corrected chi connectivity index (χ2v) is 5.05. The van der Waals surface area contributed by atoms with Gasteiger partial charge in [0.1, 0.15) is 5.75 Å². The van der Waals surface area contributed by atoms with Gasteiger partial charge in [0.25, 0.3) is 0 Å². The molecule has 1 heterocycles. The zero-order valence-corrected chi connectivity index (χ0v) is 12.4. The third-order valence-corrected chi connectivity index (χ3v) is 3.65. The van der Waals surface area contributed by atoms with Crippen LogP contribution in [0.2, 0.25) is 0 Å². The summed E-state index contributed by atoms with van der Waals surface area (Å²) in [6.07, 6.45) is 1.79. The van der Waals surface area contributed by atoms with Crippen molar-refractivity contribution in [2.45, 2.75) is 6.54 Å². The van der Waals surface area contributed by atoms with Crippen molar-refractivity contribution in [2.24, 2.45) is 5.10 Å². The van der Waals surface area contributed by atoms with E-state index in [1.54, 1.807) is 13.3 Å². The summed E-state index contributed by atoms with van der Waals surface area (Å²) in [5.74, 6) is 0.846. The summed E-state index contributed by atoms with van der Waals surface area (Å²) in [5, 5.41) is 4.72. The molecule has 0 radical (unpaired) electrons. The summed E-state index contributed by atoms with van der Waals surface area (Å²) < 4.78 is 5.18. The van der Waals surface area contributed by atoms with Gasteiger partial charge in [-0.1, -0.05) is 30.3 Å². The van der Waals surface area contributed by atoms with E-state index in [1.165, 1.54) is 0 Å². The van der Waals surface area contributed by atoms with E-state index in [0.717, 1.165) is 22.6 Å². The van der Waals surface area contributed by atoms with Crippen molar-refractivity contribution >= 4 is 29.2 Å². The van der Waals surface area contributed by atoms with Gasteiger partial charge in [-0.05, 0) is 36.0 Å². The SMILES string of the molecule is COc1ccc(CN2C(=S)NN=Cc3ccccc32)cc1. The molecule has 1 aliphatic heterocycles. The van der Waals surface area contributed by atoms with Gasteiger partial charge in [0.15, 0.2) is 5.11 Å². The highest BCUT2D eigenvalue weighted by Gasteiger charge is 2.17. The van der Waals surface area contributed by atoms with Crippen LogP contribution >= 0.6 is 12.2 Å². The van der Waals surface area contributed by atoms with Gasteiger partial charge in [-0.15, -0.1) is 0 Å². The topological polar surface area (TPSA) is 36.9 Å². The number of hydrogen-bond acceptors (Lipinski definition) is 3. The lowest BCUT2D eigenvalue weighted by Crippen LogP contribution is -2.36. The normalized spacial score (nSPS) is 13.4. The summed E-state index contributed by atoms with van der Waals surface area (Å²) in [5.41, 5.74) is 6.12. The summed E-state index contributed by atoms with van der Waals surface area (Å²) >= 11 is 5.41. The molecular formula is C16H15N3OS. The fourth-order valence-electron chi connectivity index (χ4n) is 2.24. The lowest BCUT2D eigenvalue weighted by Gasteiger charge is -2.24. The first-order valence-corrected chi connectivity index (χ1v) is 7.01. The van der Waals surface area contributed by atoms with Crippen LogP contribution in [0, 0.1) is 0 Å². The Labute approximate surface area is 129 Å². The van der Waals surface area contributed by atoms with E-state index < -0.39 is 0 Å². The molecule has 0 amide bonds. The van der Waals surface area contributed by atoms with Crippen molar-refractivity contribution in [3.8, 4) is 5.75 Å². The maximum absolute atomic E-state index is 5.41. The highest BCUT2D eigenvalue weighted by atomic mass is 32.1. The number of rotatable bonds is 3. The van der Waals surface area contributed by atoms with E-state index in [1.807, 2.05) is 53.4 Å². The first-order chi connectivity index (χ1) is 10.3. The quantitative estimate of drug-likeness (QED) is 0.884. The molecule has 0 bridgehead atoms. The second-order valence-electron chi connectivity index (χ2n) is 4.67. The van der Waals surface area contributed by atoms with Gasteiger partial charge in [0.05, 0.1) is 25.6 Å². The number of hydrogen-bond donors (Lipinski definition) is 1. The van der Waals surface area contributed by atoms with Crippen LogP contribution in [0.1, 0.15) is 11.1 Å². The minimum Gasteiger partial charge on any atom is -0.497 e. The average Bonchev–Trinajstić information content (AvgIpc) is 2.68. The van der Waals surface area contributed by atoms with E-state index in [0.29, 0.717) is 11.7 Å². The Kier molecular flexibility index (Phi) is 3.83. The Morgan fingerprint density at radius 3 is 2.67 bits per heavy atom. The van der Waals surface area contributed by atoms with Crippen LogP contribution in [0.15, 0.2) is 53.6 Å². The lowest BCUT2D eigenvalue weighted by molar-refractivity contribution is 0.414. The summed E-state index contributed by atoms with van der Waals surface area (Å²) in [4.78, 5) is 2.04. The van der Waals surface area contributed by atoms with Crippen LogP contribution in [0.25, 0.3) is 0 Å². The number of thiocarbonyl (C=S) groups is 1. The molecule has 0 aliphatic carbocycles. The van der Waals surface area contributed by atoms with E-state index in [4.69, 9.17) is 17.0 Å². The molecule has 0 fully saturated rings. The van der Waals surface area contributed by atoms with Crippen molar-refractivity contribution in [1.82, 2.24) is 5.43 Å². The molecule has 2 aromatic rings. The third-order valence-electron chi connectivity index (χ3n) is 3.34. The predicted octanol–water partition coefficient (Wildman–Crippen LogP) is 2.92. The van der Waals surface area contributed by atoms with Gasteiger partial charge in [-0.25, -0.2) is 0 Å². The molecule has 1 N–H and O–H groups in total. The van der Waals surface area contributed by atoms with Gasteiger partial charge in [0.2, 0.25) is 0 Å². The fraction of sp³-hybridized carbons (Fsp3) is 0.125. The molecule has 0 unspecified atom stereocenters. The Hall–Kier alpha value is -2.40. The summed E-state index contributed by atoms with van der Waals surface area (Å²) in [6.45, 7) is 0.677. The summed E-state index contributed by atoms with van der Waals surface area (Å²) in [6, 6.07) is 16.0. The molecule has 4 nitrogen and oxygen atoms in total. The zero-order chi connectivity index (χ0) is 14.7. The number of ether oxygens (including phenoxy) is 1. The number of nitrogens with zero attached hydrogens (tertiary/aromatic N) is 2. The number of fused-ring (bicyclic) bond motifs is 1. The van der Waals surface area contributed by atoms with E-state index >= 15 is 0 Å². The summed E-state index contributed by atoms with van der Waals surface area (Å²) in [7, 11) is 1.66. The van der Waals surface area contributed by atoms with Crippen molar-refractivity contribution in [1.29, 1.82) is 0 Å². The largest absolute Gasteiger partial charge is 0.497 e. The molecule has 3 rings (SSSR count). The minimum atomic E-state index is 0.590. The molecule has 0 saturated carbocycles. The van der Waals surface area contributed by atoms with Gasteiger partial charge in [-0.3, -0.25) is 5.43 Å². The van der Waals surface area contributed by atoms with Crippen LogP contribution in [-0.2, 0) is 6.54 Å². The van der Waals surface area contributed by atoms with E-state index in [-0.39, 0.29) is 0 Å². The minimum absolute atomic E-state index is 0.590. The van der Waals surface area contributed by atoms with Crippen LogP contribution in [0.4, 0.5) is 5.69 Å². The predicted molar refractivity (Wildman–Crippen MR) is 88.9 cm³/mol. The molecule has 2 aromatic carbocycles. The molecule has 0 spiro atoms. The van der Waals surface area contributed by atoms with Gasteiger partial charge >= 0.3 is 0 Å².